The van der Waals surface area contributed by atoms with E-state index in [9.17, 15) is 12.8 Å². The van der Waals surface area contributed by atoms with E-state index in [1.807, 2.05) is 0 Å². The molecule has 0 aromatic heterocycles. The molecule has 1 aromatic rings. The molecule has 1 saturated heterocycles. The molecule has 1 aliphatic rings. The lowest BCUT2D eigenvalue weighted by atomic mass is 9.82. The van der Waals surface area contributed by atoms with E-state index in [0.717, 1.165) is 24.8 Å². The third-order valence-corrected chi connectivity index (χ3v) is 3.97. The molecule has 1 N–H and O–H groups in total. The topological polar surface area (TPSA) is 55.4 Å². The second-order valence-electron chi connectivity index (χ2n) is 4.90. The van der Waals surface area contributed by atoms with E-state index in [4.69, 9.17) is 4.18 Å². The van der Waals surface area contributed by atoms with Crippen LogP contribution in [0.5, 0.6) is 0 Å². The van der Waals surface area contributed by atoms with Gasteiger partial charge in [-0.3, -0.25) is 4.18 Å². The highest BCUT2D eigenvalue weighted by Gasteiger charge is 2.27. The minimum atomic E-state index is -3.42. The van der Waals surface area contributed by atoms with E-state index in [2.05, 4.69) is 5.32 Å². The van der Waals surface area contributed by atoms with Gasteiger partial charge in [-0.25, -0.2) is 4.39 Å². The van der Waals surface area contributed by atoms with Gasteiger partial charge in [0.15, 0.2) is 0 Å². The lowest BCUT2D eigenvalue weighted by molar-refractivity contribution is 0.203. The minimum Gasteiger partial charge on any atom is -0.316 e. The number of halogens is 1. The summed E-state index contributed by atoms with van der Waals surface area (Å²) in [6, 6.07) is 6.40. The van der Waals surface area contributed by atoms with Gasteiger partial charge in [0.05, 0.1) is 12.9 Å². The summed E-state index contributed by atoms with van der Waals surface area (Å²) >= 11 is 0. The summed E-state index contributed by atoms with van der Waals surface area (Å²) in [4.78, 5) is 0. The van der Waals surface area contributed by atoms with Crippen molar-refractivity contribution in [3.63, 3.8) is 0 Å². The molecule has 0 amide bonds. The van der Waals surface area contributed by atoms with Crippen molar-refractivity contribution in [2.75, 3.05) is 26.0 Å². The van der Waals surface area contributed by atoms with Crippen molar-refractivity contribution in [2.45, 2.75) is 12.3 Å². The van der Waals surface area contributed by atoms with Gasteiger partial charge in [0.2, 0.25) is 0 Å². The van der Waals surface area contributed by atoms with E-state index < -0.39 is 10.1 Å². The predicted octanol–water partition coefficient (Wildman–Crippen LogP) is 1.49. The first-order valence-electron chi connectivity index (χ1n) is 6.26. The summed E-state index contributed by atoms with van der Waals surface area (Å²) in [5, 5.41) is 3.23. The van der Waals surface area contributed by atoms with Gasteiger partial charge >= 0.3 is 0 Å². The molecule has 0 unspecified atom stereocenters. The maximum atomic E-state index is 12.9. The Balaban J connectivity index is 2.09. The van der Waals surface area contributed by atoms with Crippen LogP contribution in [0.4, 0.5) is 4.39 Å². The SMILES string of the molecule is CS(=O)(=O)OC[C@@H]1CNCC[C@H]1c1ccc(F)cc1. The van der Waals surface area contributed by atoms with Crippen molar-refractivity contribution in [3.05, 3.63) is 35.6 Å². The molecule has 1 fully saturated rings. The van der Waals surface area contributed by atoms with Crippen LogP contribution in [0, 0.1) is 11.7 Å². The van der Waals surface area contributed by atoms with E-state index in [1.54, 1.807) is 12.1 Å². The summed E-state index contributed by atoms with van der Waals surface area (Å²) in [5.41, 5.74) is 1.03. The highest BCUT2D eigenvalue weighted by atomic mass is 32.2. The van der Waals surface area contributed by atoms with Crippen LogP contribution in [-0.4, -0.2) is 34.4 Å². The molecular formula is C13H18FNO3S. The van der Waals surface area contributed by atoms with Crippen LogP contribution < -0.4 is 5.32 Å². The molecule has 0 spiro atoms. The van der Waals surface area contributed by atoms with E-state index in [0.29, 0.717) is 6.54 Å². The number of benzene rings is 1. The first-order valence-corrected chi connectivity index (χ1v) is 8.08. The summed E-state index contributed by atoms with van der Waals surface area (Å²) in [5.74, 6) is 0.0131. The average molecular weight is 287 g/mol. The second kappa shape index (κ2) is 5.98. The zero-order valence-corrected chi connectivity index (χ0v) is 11.6. The average Bonchev–Trinajstić information content (AvgIpc) is 2.37. The zero-order valence-electron chi connectivity index (χ0n) is 10.8. The van der Waals surface area contributed by atoms with Gasteiger partial charge in [0, 0.05) is 12.5 Å². The summed E-state index contributed by atoms with van der Waals surface area (Å²) in [6.07, 6.45) is 1.94. The molecule has 0 aliphatic carbocycles. The highest BCUT2D eigenvalue weighted by molar-refractivity contribution is 7.85. The zero-order chi connectivity index (χ0) is 13.9. The van der Waals surface area contributed by atoms with Gasteiger partial charge in [-0.1, -0.05) is 12.1 Å². The molecule has 0 radical (unpaired) electrons. The predicted molar refractivity (Wildman–Crippen MR) is 70.9 cm³/mol. The Kier molecular flexibility index (Phi) is 4.54. The van der Waals surface area contributed by atoms with Crippen LogP contribution >= 0.6 is 0 Å². The Bertz CT molecular complexity index is 515. The van der Waals surface area contributed by atoms with Gasteiger partial charge in [0.25, 0.3) is 10.1 Å². The Morgan fingerprint density at radius 3 is 2.68 bits per heavy atom. The van der Waals surface area contributed by atoms with Crippen molar-refractivity contribution >= 4 is 10.1 Å². The normalized spacial score (nSPS) is 24.3. The third-order valence-electron chi connectivity index (χ3n) is 3.40. The number of nitrogens with one attached hydrogen (secondary N) is 1. The van der Waals surface area contributed by atoms with Crippen LogP contribution in [-0.2, 0) is 14.3 Å². The number of hydrogen-bond acceptors (Lipinski definition) is 4. The lowest BCUT2D eigenvalue weighted by Crippen LogP contribution is -2.38. The maximum absolute atomic E-state index is 12.9. The third kappa shape index (κ3) is 4.26. The van der Waals surface area contributed by atoms with Crippen LogP contribution in [0.25, 0.3) is 0 Å². The van der Waals surface area contributed by atoms with Gasteiger partial charge in [-0.05, 0) is 36.6 Å². The van der Waals surface area contributed by atoms with Crippen LogP contribution in [0.3, 0.4) is 0 Å². The second-order valence-corrected chi connectivity index (χ2v) is 6.54. The molecule has 2 atom stereocenters. The summed E-state index contributed by atoms with van der Waals surface area (Å²) < 4.78 is 40.0. The molecule has 4 nitrogen and oxygen atoms in total. The quantitative estimate of drug-likeness (QED) is 0.853. The Morgan fingerprint density at radius 2 is 2.05 bits per heavy atom. The van der Waals surface area contributed by atoms with Gasteiger partial charge < -0.3 is 5.32 Å². The van der Waals surface area contributed by atoms with Crippen molar-refractivity contribution in [1.29, 1.82) is 0 Å². The van der Waals surface area contributed by atoms with E-state index in [1.165, 1.54) is 12.1 Å². The first-order chi connectivity index (χ1) is 8.96. The van der Waals surface area contributed by atoms with Gasteiger partial charge in [-0.2, -0.15) is 8.42 Å². The van der Waals surface area contributed by atoms with Gasteiger partial charge in [0.1, 0.15) is 5.82 Å². The molecule has 2 rings (SSSR count). The molecule has 6 heteroatoms. The number of piperidine rings is 1. The van der Waals surface area contributed by atoms with E-state index >= 15 is 0 Å². The molecule has 106 valence electrons. The largest absolute Gasteiger partial charge is 0.316 e. The molecule has 0 saturated carbocycles. The fourth-order valence-corrected chi connectivity index (χ4v) is 2.88. The molecule has 1 aromatic carbocycles. The fraction of sp³-hybridized carbons (Fsp3) is 0.538. The Morgan fingerprint density at radius 1 is 1.37 bits per heavy atom. The molecule has 1 aliphatic heterocycles. The highest BCUT2D eigenvalue weighted by Crippen LogP contribution is 2.30. The lowest BCUT2D eigenvalue weighted by Gasteiger charge is -2.32. The van der Waals surface area contributed by atoms with Crippen LogP contribution in [0.2, 0.25) is 0 Å². The standard InChI is InChI=1S/C13H18FNO3S/c1-19(16,17)18-9-11-8-15-7-6-13(11)10-2-4-12(14)5-3-10/h2-5,11,13,15H,6-9H2,1H3/t11-,13-/m0/s1. The molecule has 0 bridgehead atoms. The van der Waals surface area contributed by atoms with Gasteiger partial charge in [-0.15, -0.1) is 0 Å². The molecule has 1 heterocycles. The van der Waals surface area contributed by atoms with Crippen molar-refractivity contribution in [1.82, 2.24) is 5.32 Å². The maximum Gasteiger partial charge on any atom is 0.264 e. The van der Waals surface area contributed by atoms with Crippen molar-refractivity contribution < 1.29 is 17.0 Å². The Labute approximate surface area is 113 Å². The monoisotopic (exact) mass is 287 g/mol. The number of rotatable bonds is 4. The molecule has 19 heavy (non-hydrogen) atoms. The summed E-state index contributed by atoms with van der Waals surface area (Å²) in [7, 11) is -3.42. The van der Waals surface area contributed by atoms with E-state index in [-0.39, 0.29) is 24.3 Å². The number of hydrogen-bond donors (Lipinski definition) is 1. The van der Waals surface area contributed by atoms with Crippen molar-refractivity contribution in [2.24, 2.45) is 5.92 Å². The summed E-state index contributed by atoms with van der Waals surface area (Å²) in [6.45, 7) is 1.74. The first kappa shape index (κ1) is 14.4. The van der Waals surface area contributed by atoms with Crippen molar-refractivity contribution in [3.8, 4) is 0 Å². The minimum absolute atomic E-state index is 0.0777. The molecular weight excluding hydrogens is 269 g/mol. The smallest absolute Gasteiger partial charge is 0.264 e. The van der Waals surface area contributed by atoms with Crippen LogP contribution in [0.1, 0.15) is 17.9 Å². The van der Waals surface area contributed by atoms with Crippen LogP contribution in [0.15, 0.2) is 24.3 Å². The fourth-order valence-electron chi connectivity index (χ4n) is 2.46. The Hall–Kier alpha value is -0.980.